The first kappa shape index (κ1) is 15.3. The number of carbonyl (C=O) groups is 2. The van der Waals surface area contributed by atoms with Gasteiger partial charge in [0.05, 0.1) is 16.8 Å². The minimum Gasteiger partial charge on any atom is -0.473 e. The number of benzene rings is 2. The van der Waals surface area contributed by atoms with E-state index in [-0.39, 0.29) is 18.5 Å². The highest BCUT2D eigenvalue weighted by atomic mass is 32.1. The second kappa shape index (κ2) is 6.03. The zero-order chi connectivity index (χ0) is 17.4. The fourth-order valence-corrected chi connectivity index (χ4v) is 3.23. The fourth-order valence-electron chi connectivity index (χ4n) is 2.66. The molecule has 7 heteroatoms. The van der Waals surface area contributed by atoms with Gasteiger partial charge >= 0.3 is 0 Å². The molecular weight excluding hydrogens is 338 g/mol. The molecule has 0 spiro atoms. The molecule has 0 bridgehead atoms. The summed E-state index contributed by atoms with van der Waals surface area (Å²) in [6.45, 7) is -0.144. The molecule has 6 nitrogen and oxygen atoms in total. The number of aromatic nitrogens is 1. The number of hydrogen-bond donors (Lipinski definition) is 1. The molecule has 2 aromatic carbocycles. The van der Waals surface area contributed by atoms with Gasteiger partial charge in [0, 0.05) is 10.9 Å². The SMILES string of the molecule is Nc1nc(-c2cccc(OCN3C(=O)c4ccccc4C3=O)c2)cs1. The number of rotatable bonds is 4. The van der Waals surface area contributed by atoms with Crippen LogP contribution in [0.3, 0.4) is 0 Å². The number of amides is 2. The van der Waals surface area contributed by atoms with Crippen molar-refractivity contribution in [1.82, 2.24) is 9.88 Å². The third-order valence-corrected chi connectivity index (χ3v) is 4.56. The van der Waals surface area contributed by atoms with Crippen LogP contribution >= 0.6 is 11.3 Å². The molecule has 25 heavy (non-hydrogen) atoms. The summed E-state index contributed by atoms with van der Waals surface area (Å²) in [5.41, 5.74) is 8.09. The number of imide groups is 1. The highest BCUT2D eigenvalue weighted by Crippen LogP contribution is 2.27. The number of nitrogen functional groups attached to an aromatic ring is 1. The Morgan fingerprint density at radius 1 is 1.04 bits per heavy atom. The molecule has 0 aliphatic carbocycles. The quantitative estimate of drug-likeness (QED) is 0.730. The first-order valence-corrected chi connectivity index (χ1v) is 8.41. The van der Waals surface area contributed by atoms with E-state index in [0.717, 1.165) is 16.2 Å². The van der Waals surface area contributed by atoms with Gasteiger partial charge in [-0.3, -0.25) is 9.59 Å². The normalized spacial score (nSPS) is 13.2. The number of nitrogens with zero attached hydrogens (tertiary/aromatic N) is 2. The van der Waals surface area contributed by atoms with E-state index in [1.54, 1.807) is 36.4 Å². The summed E-state index contributed by atoms with van der Waals surface area (Å²) in [6.07, 6.45) is 0. The molecule has 1 aliphatic rings. The van der Waals surface area contributed by atoms with E-state index >= 15 is 0 Å². The molecule has 0 radical (unpaired) electrons. The van der Waals surface area contributed by atoms with Crippen LogP contribution in [-0.2, 0) is 0 Å². The van der Waals surface area contributed by atoms with Gasteiger partial charge in [-0.25, -0.2) is 9.88 Å². The summed E-state index contributed by atoms with van der Waals surface area (Å²) in [5.74, 6) is -0.145. The van der Waals surface area contributed by atoms with Crippen molar-refractivity contribution < 1.29 is 14.3 Å². The number of hydrogen-bond acceptors (Lipinski definition) is 6. The average Bonchev–Trinajstić information content (AvgIpc) is 3.17. The average molecular weight is 351 g/mol. The summed E-state index contributed by atoms with van der Waals surface area (Å²) in [5, 5.41) is 2.35. The molecule has 2 amide bonds. The number of carbonyl (C=O) groups excluding carboxylic acids is 2. The summed E-state index contributed by atoms with van der Waals surface area (Å²) in [7, 11) is 0. The van der Waals surface area contributed by atoms with Gasteiger partial charge in [-0.15, -0.1) is 11.3 Å². The van der Waals surface area contributed by atoms with Gasteiger partial charge in [0.2, 0.25) is 0 Å². The summed E-state index contributed by atoms with van der Waals surface area (Å²) < 4.78 is 5.66. The zero-order valence-electron chi connectivity index (χ0n) is 13.0. The molecule has 0 saturated heterocycles. The van der Waals surface area contributed by atoms with E-state index in [1.165, 1.54) is 11.3 Å². The minimum absolute atomic E-state index is 0.144. The van der Waals surface area contributed by atoms with Crippen LogP contribution < -0.4 is 10.5 Å². The molecule has 1 aromatic heterocycles. The van der Waals surface area contributed by atoms with Crippen molar-refractivity contribution in [2.75, 3.05) is 12.5 Å². The van der Waals surface area contributed by atoms with Crippen molar-refractivity contribution in [2.45, 2.75) is 0 Å². The molecular formula is C18H13N3O3S. The van der Waals surface area contributed by atoms with Gasteiger partial charge in [0.25, 0.3) is 11.8 Å². The molecule has 0 fully saturated rings. The predicted octanol–water partition coefficient (Wildman–Crippen LogP) is 3.02. The van der Waals surface area contributed by atoms with E-state index in [1.807, 2.05) is 17.5 Å². The Labute approximate surface area is 147 Å². The predicted molar refractivity (Wildman–Crippen MR) is 94.4 cm³/mol. The Hall–Kier alpha value is -3.19. The van der Waals surface area contributed by atoms with Crippen molar-refractivity contribution in [3.05, 3.63) is 65.0 Å². The van der Waals surface area contributed by atoms with Crippen molar-refractivity contribution in [3.63, 3.8) is 0 Å². The van der Waals surface area contributed by atoms with Gasteiger partial charge in [0.15, 0.2) is 11.9 Å². The lowest BCUT2D eigenvalue weighted by molar-refractivity contribution is 0.0522. The molecule has 2 heterocycles. The van der Waals surface area contributed by atoms with Crippen LogP contribution in [0.25, 0.3) is 11.3 Å². The van der Waals surface area contributed by atoms with Crippen LogP contribution in [0.5, 0.6) is 5.75 Å². The van der Waals surface area contributed by atoms with Crippen LogP contribution in [-0.4, -0.2) is 28.4 Å². The summed E-state index contributed by atoms with van der Waals surface area (Å²) in [4.78, 5) is 30.0. The van der Waals surface area contributed by atoms with E-state index in [2.05, 4.69) is 4.98 Å². The third-order valence-electron chi connectivity index (χ3n) is 3.89. The second-order valence-corrected chi connectivity index (χ2v) is 6.35. The smallest absolute Gasteiger partial charge is 0.264 e. The lowest BCUT2D eigenvalue weighted by Gasteiger charge is -2.15. The van der Waals surface area contributed by atoms with Gasteiger partial charge in [-0.1, -0.05) is 24.3 Å². The molecule has 3 aromatic rings. The Kier molecular flexibility index (Phi) is 3.70. The molecule has 0 unspecified atom stereocenters. The second-order valence-electron chi connectivity index (χ2n) is 5.46. The van der Waals surface area contributed by atoms with Crippen molar-refractivity contribution in [2.24, 2.45) is 0 Å². The minimum atomic E-state index is -0.343. The van der Waals surface area contributed by atoms with E-state index in [9.17, 15) is 9.59 Å². The Morgan fingerprint density at radius 2 is 1.76 bits per heavy atom. The standard InChI is InChI=1S/C18H13N3O3S/c19-18-20-15(9-25-18)11-4-3-5-12(8-11)24-10-21-16(22)13-6-1-2-7-14(13)17(21)23/h1-9H,10H2,(H2,19,20). The van der Waals surface area contributed by atoms with E-state index in [4.69, 9.17) is 10.5 Å². The maximum absolute atomic E-state index is 12.3. The maximum atomic E-state index is 12.3. The largest absolute Gasteiger partial charge is 0.473 e. The number of nitrogens with two attached hydrogens (primary N) is 1. The number of fused-ring (bicyclic) bond motifs is 1. The lowest BCUT2D eigenvalue weighted by Crippen LogP contribution is -2.33. The number of thiazole rings is 1. The Morgan fingerprint density at radius 3 is 2.40 bits per heavy atom. The van der Waals surface area contributed by atoms with E-state index < -0.39 is 0 Å². The zero-order valence-corrected chi connectivity index (χ0v) is 13.8. The molecule has 4 rings (SSSR count). The van der Waals surface area contributed by atoms with Gasteiger partial charge < -0.3 is 10.5 Å². The summed E-state index contributed by atoms with van der Waals surface area (Å²) in [6, 6.07) is 14.0. The molecule has 124 valence electrons. The van der Waals surface area contributed by atoms with Crippen molar-refractivity contribution in [3.8, 4) is 17.0 Å². The highest BCUT2D eigenvalue weighted by Gasteiger charge is 2.35. The van der Waals surface area contributed by atoms with Gasteiger partial charge in [-0.2, -0.15) is 0 Å². The van der Waals surface area contributed by atoms with Crippen LogP contribution in [0.4, 0.5) is 5.13 Å². The van der Waals surface area contributed by atoms with Crippen LogP contribution in [0.15, 0.2) is 53.9 Å². The van der Waals surface area contributed by atoms with Gasteiger partial charge in [0.1, 0.15) is 5.75 Å². The van der Waals surface area contributed by atoms with Crippen molar-refractivity contribution in [1.29, 1.82) is 0 Å². The van der Waals surface area contributed by atoms with Crippen LogP contribution in [0, 0.1) is 0 Å². The topological polar surface area (TPSA) is 85.5 Å². The molecule has 0 atom stereocenters. The molecule has 1 aliphatic heterocycles. The van der Waals surface area contributed by atoms with Crippen molar-refractivity contribution >= 4 is 28.3 Å². The monoisotopic (exact) mass is 351 g/mol. The number of anilines is 1. The lowest BCUT2D eigenvalue weighted by atomic mass is 10.1. The van der Waals surface area contributed by atoms with Crippen LogP contribution in [0.1, 0.15) is 20.7 Å². The fraction of sp³-hybridized carbons (Fsp3) is 0.0556. The number of ether oxygens (including phenoxy) is 1. The molecule has 0 saturated carbocycles. The molecule has 2 N–H and O–H groups in total. The third kappa shape index (κ3) is 2.74. The first-order valence-electron chi connectivity index (χ1n) is 7.53. The summed E-state index contributed by atoms with van der Waals surface area (Å²) >= 11 is 1.36. The maximum Gasteiger partial charge on any atom is 0.264 e. The van der Waals surface area contributed by atoms with Gasteiger partial charge in [-0.05, 0) is 24.3 Å². The Bertz CT molecular complexity index is 948. The van der Waals surface area contributed by atoms with Crippen LogP contribution in [0.2, 0.25) is 0 Å². The highest BCUT2D eigenvalue weighted by molar-refractivity contribution is 7.13. The Balaban J connectivity index is 1.51. The first-order chi connectivity index (χ1) is 12.1. The van der Waals surface area contributed by atoms with E-state index in [0.29, 0.717) is 22.0 Å².